The molecule has 0 spiro atoms. The molecule has 1 amide bonds. The number of ether oxygens (including phenoxy) is 3. The van der Waals surface area contributed by atoms with Crippen LogP contribution < -0.4 is 14.4 Å². The van der Waals surface area contributed by atoms with Crippen LogP contribution in [-0.2, 0) is 29.1 Å². The fourth-order valence-electron chi connectivity index (χ4n) is 4.72. The first-order chi connectivity index (χ1) is 18.0. The number of para-hydroxylation sites is 3. The molecule has 7 nitrogen and oxygen atoms in total. The highest BCUT2D eigenvalue weighted by atomic mass is 16.5. The van der Waals surface area contributed by atoms with Crippen LogP contribution in [0.15, 0.2) is 66.7 Å². The summed E-state index contributed by atoms with van der Waals surface area (Å²) in [6, 6.07) is 21.3. The molecule has 4 aromatic rings. The third kappa shape index (κ3) is 5.78. The lowest BCUT2D eigenvalue weighted by Gasteiger charge is -2.32. The van der Waals surface area contributed by atoms with Crippen LogP contribution in [0.1, 0.15) is 30.8 Å². The van der Waals surface area contributed by atoms with E-state index in [2.05, 4.69) is 13.0 Å². The second kappa shape index (κ2) is 11.9. The molecule has 3 aromatic carbocycles. The van der Waals surface area contributed by atoms with Gasteiger partial charge in [0.2, 0.25) is 5.91 Å². The lowest BCUT2D eigenvalue weighted by Crippen LogP contribution is -2.44. The van der Waals surface area contributed by atoms with Gasteiger partial charge in [-0.2, -0.15) is 0 Å². The van der Waals surface area contributed by atoms with Crippen LogP contribution in [0.3, 0.4) is 0 Å². The molecule has 0 N–H and O–H groups in total. The Morgan fingerprint density at radius 3 is 2.54 bits per heavy atom. The lowest BCUT2D eigenvalue weighted by molar-refractivity contribution is -0.119. The number of nitrogens with zero attached hydrogens (tertiary/aromatic N) is 3. The van der Waals surface area contributed by atoms with Gasteiger partial charge in [-0.1, -0.05) is 43.3 Å². The standard InChI is InChI=1S/C30H35N3O4/c1-6-23-12-9-11-21(2)30(23)33(22(3)19-35-4)29(34)18-32-27-16-8-7-15-26(27)31-28(32)20-37-25-14-10-13-24(17-25)36-5/h7-17,22H,6,18-20H2,1-5H3. The molecular formula is C30H35N3O4. The van der Waals surface area contributed by atoms with E-state index in [1.54, 1.807) is 14.2 Å². The largest absolute Gasteiger partial charge is 0.497 e. The van der Waals surface area contributed by atoms with Crippen LogP contribution in [0.4, 0.5) is 5.69 Å². The smallest absolute Gasteiger partial charge is 0.247 e. The molecule has 0 saturated heterocycles. The third-order valence-corrected chi connectivity index (χ3v) is 6.50. The van der Waals surface area contributed by atoms with Crippen LogP contribution >= 0.6 is 0 Å². The molecule has 0 radical (unpaired) electrons. The Labute approximate surface area is 218 Å². The number of amides is 1. The Bertz CT molecular complexity index is 1360. The molecular weight excluding hydrogens is 466 g/mol. The average molecular weight is 502 g/mol. The first-order valence-corrected chi connectivity index (χ1v) is 12.6. The number of hydrogen-bond donors (Lipinski definition) is 0. The molecule has 1 aromatic heterocycles. The summed E-state index contributed by atoms with van der Waals surface area (Å²) in [7, 11) is 3.29. The van der Waals surface area contributed by atoms with Crippen LogP contribution in [0.2, 0.25) is 0 Å². The maximum atomic E-state index is 14.1. The lowest BCUT2D eigenvalue weighted by atomic mass is 10.0. The molecule has 1 unspecified atom stereocenters. The van der Waals surface area contributed by atoms with Crippen molar-refractivity contribution in [2.75, 3.05) is 25.7 Å². The Kier molecular flexibility index (Phi) is 8.46. The van der Waals surface area contributed by atoms with E-state index in [0.29, 0.717) is 23.9 Å². The number of anilines is 1. The summed E-state index contributed by atoms with van der Waals surface area (Å²) >= 11 is 0. The summed E-state index contributed by atoms with van der Waals surface area (Å²) in [5, 5.41) is 0. The van der Waals surface area contributed by atoms with Gasteiger partial charge < -0.3 is 23.7 Å². The number of aromatic nitrogens is 2. The first-order valence-electron chi connectivity index (χ1n) is 12.6. The SMILES string of the molecule is CCc1cccc(C)c1N(C(=O)Cn1c(COc2cccc(OC)c2)nc2ccccc21)C(C)COC. The minimum absolute atomic E-state index is 0.0284. The Morgan fingerprint density at radius 2 is 1.78 bits per heavy atom. The molecule has 1 heterocycles. The molecule has 0 bridgehead atoms. The van der Waals surface area contributed by atoms with Crippen molar-refractivity contribution in [3.05, 3.63) is 83.7 Å². The molecule has 0 aliphatic heterocycles. The molecule has 194 valence electrons. The van der Waals surface area contributed by atoms with Gasteiger partial charge in [-0.15, -0.1) is 0 Å². The minimum Gasteiger partial charge on any atom is -0.497 e. The van der Waals surface area contributed by atoms with Crippen molar-refractivity contribution in [2.45, 2.75) is 46.4 Å². The van der Waals surface area contributed by atoms with Crippen molar-refractivity contribution >= 4 is 22.6 Å². The number of benzene rings is 3. The normalized spacial score (nSPS) is 11.9. The number of aryl methyl sites for hydroxylation is 2. The van der Waals surface area contributed by atoms with E-state index in [9.17, 15) is 4.79 Å². The monoisotopic (exact) mass is 501 g/mol. The molecule has 4 rings (SSSR count). The summed E-state index contributed by atoms with van der Waals surface area (Å²) in [6.45, 7) is 6.95. The highest BCUT2D eigenvalue weighted by molar-refractivity contribution is 5.96. The first kappa shape index (κ1) is 26.2. The van der Waals surface area contributed by atoms with E-state index in [1.807, 2.05) is 84.0 Å². The third-order valence-electron chi connectivity index (χ3n) is 6.50. The van der Waals surface area contributed by atoms with E-state index >= 15 is 0 Å². The zero-order valence-corrected chi connectivity index (χ0v) is 22.2. The maximum Gasteiger partial charge on any atom is 0.247 e. The quantitative estimate of drug-likeness (QED) is 0.269. The Balaban J connectivity index is 1.70. The molecule has 0 fully saturated rings. The highest BCUT2D eigenvalue weighted by Gasteiger charge is 2.27. The van der Waals surface area contributed by atoms with Crippen LogP contribution in [0.25, 0.3) is 11.0 Å². The number of rotatable bonds is 11. The second-order valence-corrected chi connectivity index (χ2v) is 9.07. The molecule has 37 heavy (non-hydrogen) atoms. The fourth-order valence-corrected chi connectivity index (χ4v) is 4.72. The predicted octanol–water partition coefficient (Wildman–Crippen LogP) is 5.56. The maximum absolute atomic E-state index is 14.1. The van der Waals surface area contributed by atoms with Gasteiger partial charge in [0, 0.05) is 13.2 Å². The zero-order valence-electron chi connectivity index (χ0n) is 22.2. The number of carbonyl (C=O) groups is 1. The van der Waals surface area contributed by atoms with E-state index in [1.165, 1.54) is 0 Å². The van der Waals surface area contributed by atoms with Crippen LogP contribution in [-0.4, -0.2) is 42.3 Å². The Hall–Kier alpha value is -3.84. The van der Waals surface area contributed by atoms with Crippen molar-refractivity contribution in [1.82, 2.24) is 9.55 Å². The number of imidazole rings is 1. The number of methoxy groups -OCH3 is 2. The zero-order chi connectivity index (χ0) is 26.4. The Morgan fingerprint density at radius 1 is 1.03 bits per heavy atom. The summed E-state index contributed by atoms with van der Waals surface area (Å²) in [5.41, 5.74) is 4.86. The summed E-state index contributed by atoms with van der Waals surface area (Å²) in [6.07, 6.45) is 0.828. The van der Waals surface area contributed by atoms with Gasteiger partial charge in [-0.25, -0.2) is 4.98 Å². The van der Waals surface area contributed by atoms with E-state index < -0.39 is 0 Å². The van der Waals surface area contributed by atoms with Crippen LogP contribution in [0.5, 0.6) is 11.5 Å². The van der Waals surface area contributed by atoms with Crippen molar-refractivity contribution in [3.63, 3.8) is 0 Å². The predicted molar refractivity (Wildman–Crippen MR) is 146 cm³/mol. The van der Waals surface area contributed by atoms with Crippen molar-refractivity contribution < 1.29 is 19.0 Å². The summed E-state index contributed by atoms with van der Waals surface area (Å²) < 4.78 is 18.8. The van der Waals surface area contributed by atoms with Crippen molar-refractivity contribution in [3.8, 4) is 11.5 Å². The minimum atomic E-state index is -0.143. The van der Waals surface area contributed by atoms with Gasteiger partial charge in [0.15, 0.2) is 0 Å². The molecule has 0 aliphatic rings. The van der Waals surface area contributed by atoms with E-state index in [0.717, 1.165) is 34.3 Å². The second-order valence-electron chi connectivity index (χ2n) is 9.07. The van der Waals surface area contributed by atoms with E-state index in [4.69, 9.17) is 19.2 Å². The molecule has 7 heteroatoms. The fraction of sp³-hybridized carbons (Fsp3) is 0.333. The molecule has 1 atom stereocenters. The van der Waals surface area contributed by atoms with E-state index in [-0.39, 0.29) is 25.1 Å². The average Bonchev–Trinajstić information content (AvgIpc) is 3.26. The number of carbonyl (C=O) groups excluding carboxylic acids is 1. The summed E-state index contributed by atoms with van der Waals surface area (Å²) in [5.74, 6) is 2.04. The molecule has 0 saturated carbocycles. The van der Waals surface area contributed by atoms with Crippen LogP contribution in [0, 0.1) is 6.92 Å². The van der Waals surface area contributed by atoms with Gasteiger partial charge >= 0.3 is 0 Å². The highest BCUT2D eigenvalue weighted by Crippen LogP contribution is 2.29. The summed E-state index contributed by atoms with van der Waals surface area (Å²) in [4.78, 5) is 20.8. The van der Waals surface area contributed by atoms with Crippen molar-refractivity contribution in [1.29, 1.82) is 0 Å². The van der Waals surface area contributed by atoms with Gasteiger partial charge in [0.1, 0.15) is 30.5 Å². The molecule has 0 aliphatic carbocycles. The van der Waals surface area contributed by atoms with Crippen molar-refractivity contribution in [2.24, 2.45) is 0 Å². The van der Waals surface area contributed by atoms with Gasteiger partial charge in [-0.05, 0) is 55.7 Å². The number of hydrogen-bond acceptors (Lipinski definition) is 5. The van der Waals surface area contributed by atoms with Gasteiger partial charge in [0.25, 0.3) is 0 Å². The topological polar surface area (TPSA) is 65.8 Å². The number of fused-ring (bicyclic) bond motifs is 1. The van der Waals surface area contributed by atoms with Gasteiger partial charge in [0.05, 0.1) is 36.5 Å². The van der Waals surface area contributed by atoms with Gasteiger partial charge in [-0.3, -0.25) is 4.79 Å².